The van der Waals surface area contributed by atoms with Gasteiger partial charge in [0.05, 0.1) is 10.9 Å². The first kappa shape index (κ1) is 22.3. The second-order valence-electron chi connectivity index (χ2n) is 6.33. The summed E-state index contributed by atoms with van der Waals surface area (Å²) in [5.74, 6) is -0.274. The minimum atomic E-state index is -3.46. The number of hydrogen-bond donors (Lipinski definition) is 2. The van der Waals surface area contributed by atoms with Crippen molar-refractivity contribution in [1.82, 2.24) is 14.9 Å². The Hall–Kier alpha value is -2.03. The SMILES string of the molecule is CCN(CC)S(=O)(=O)c1ccc([C@@H](C)NC(=S)NCc2ccc(F)cc2)cc1. The zero-order valence-electron chi connectivity index (χ0n) is 16.3. The highest BCUT2D eigenvalue weighted by molar-refractivity contribution is 7.89. The van der Waals surface area contributed by atoms with Crippen molar-refractivity contribution in [2.75, 3.05) is 13.1 Å². The molecule has 2 aromatic rings. The Morgan fingerprint density at radius 3 is 2.18 bits per heavy atom. The lowest BCUT2D eigenvalue weighted by atomic mass is 10.1. The van der Waals surface area contributed by atoms with Crippen molar-refractivity contribution in [1.29, 1.82) is 0 Å². The van der Waals surface area contributed by atoms with Crippen molar-refractivity contribution >= 4 is 27.4 Å². The number of hydrogen-bond acceptors (Lipinski definition) is 3. The number of nitrogens with zero attached hydrogens (tertiary/aromatic N) is 1. The summed E-state index contributed by atoms with van der Waals surface area (Å²) in [6.07, 6.45) is 0. The molecule has 0 saturated heterocycles. The molecule has 0 heterocycles. The molecule has 0 unspecified atom stereocenters. The quantitative estimate of drug-likeness (QED) is 0.636. The van der Waals surface area contributed by atoms with E-state index in [4.69, 9.17) is 12.2 Å². The summed E-state index contributed by atoms with van der Waals surface area (Å²) in [5.41, 5.74) is 1.84. The van der Waals surface area contributed by atoms with E-state index in [2.05, 4.69) is 10.6 Å². The molecule has 28 heavy (non-hydrogen) atoms. The van der Waals surface area contributed by atoms with E-state index in [1.165, 1.54) is 16.4 Å². The van der Waals surface area contributed by atoms with E-state index < -0.39 is 10.0 Å². The van der Waals surface area contributed by atoms with Crippen LogP contribution in [0, 0.1) is 5.82 Å². The molecule has 0 spiro atoms. The normalized spacial score (nSPS) is 12.6. The molecule has 0 fully saturated rings. The van der Waals surface area contributed by atoms with Crippen LogP contribution in [0.4, 0.5) is 4.39 Å². The lowest BCUT2D eigenvalue weighted by Crippen LogP contribution is -2.36. The first-order valence-corrected chi connectivity index (χ1v) is 11.0. The van der Waals surface area contributed by atoms with Gasteiger partial charge in [-0.15, -0.1) is 0 Å². The Morgan fingerprint density at radius 1 is 1.07 bits per heavy atom. The van der Waals surface area contributed by atoms with Crippen LogP contribution in [0.5, 0.6) is 0 Å². The summed E-state index contributed by atoms with van der Waals surface area (Å²) in [6.45, 7) is 6.95. The van der Waals surface area contributed by atoms with E-state index in [1.54, 1.807) is 36.4 Å². The fourth-order valence-electron chi connectivity index (χ4n) is 2.76. The fourth-order valence-corrected chi connectivity index (χ4v) is 4.46. The highest BCUT2D eigenvalue weighted by Crippen LogP contribution is 2.19. The molecule has 2 N–H and O–H groups in total. The smallest absolute Gasteiger partial charge is 0.243 e. The predicted molar refractivity (Wildman–Crippen MR) is 114 cm³/mol. The molecular weight excluding hydrogens is 397 g/mol. The maximum Gasteiger partial charge on any atom is 0.243 e. The Bertz CT molecular complexity index is 881. The number of benzene rings is 2. The molecule has 0 aliphatic rings. The van der Waals surface area contributed by atoms with E-state index in [9.17, 15) is 12.8 Å². The van der Waals surface area contributed by atoms with E-state index >= 15 is 0 Å². The average Bonchev–Trinajstić information content (AvgIpc) is 2.68. The van der Waals surface area contributed by atoms with Gasteiger partial charge in [0.1, 0.15) is 5.82 Å². The maximum atomic E-state index is 12.9. The molecule has 2 aromatic carbocycles. The summed E-state index contributed by atoms with van der Waals surface area (Å²) in [6, 6.07) is 12.9. The molecule has 0 radical (unpaired) electrons. The topological polar surface area (TPSA) is 61.4 Å². The largest absolute Gasteiger partial charge is 0.359 e. The first-order chi connectivity index (χ1) is 13.3. The van der Waals surface area contributed by atoms with Gasteiger partial charge >= 0.3 is 0 Å². The summed E-state index contributed by atoms with van der Waals surface area (Å²) in [4.78, 5) is 0.282. The zero-order valence-corrected chi connectivity index (χ0v) is 17.9. The van der Waals surface area contributed by atoms with E-state index in [0.717, 1.165) is 11.1 Å². The molecule has 0 saturated carbocycles. The molecule has 2 rings (SSSR count). The summed E-state index contributed by atoms with van der Waals surface area (Å²) < 4.78 is 39.5. The fraction of sp³-hybridized carbons (Fsp3) is 0.350. The van der Waals surface area contributed by atoms with E-state index in [1.807, 2.05) is 20.8 Å². The lowest BCUT2D eigenvalue weighted by Gasteiger charge is -2.20. The van der Waals surface area contributed by atoms with Crippen LogP contribution >= 0.6 is 12.2 Å². The van der Waals surface area contributed by atoms with Gasteiger partial charge in [0.2, 0.25) is 10.0 Å². The highest BCUT2D eigenvalue weighted by Gasteiger charge is 2.21. The van der Waals surface area contributed by atoms with Gasteiger partial charge in [0.15, 0.2) is 5.11 Å². The first-order valence-electron chi connectivity index (χ1n) is 9.16. The number of rotatable bonds is 8. The third kappa shape index (κ3) is 5.73. The number of halogens is 1. The Balaban J connectivity index is 1.95. The second kappa shape index (κ2) is 9.95. The Labute approximate surface area is 172 Å². The van der Waals surface area contributed by atoms with Crippen LogP contribution in [0.1, 0.15) is 37.9 Å². The molecule has 5 nitrogen and oxygen atoms in total. The summed E-state index contributed by atoms with van der Waals surface area (Å²) in [5, 5.41) is 6.72. The van der Waals surface area contributed by atoms with Crippen LogP contribution in [0.3, 0.4) is 0 Å². The van der Waals surface area contributed by atoms with Crippen molar-refractivity contribution < 1.29 is 12.8 Å². The van der Waals surface area contributed by atoms with Crippen LogP contribution in [0.15, 0.2) is 53.4 Å². The Morgan fingerprint density at radius 2 is 1.64 bits per heavy atom. The molecule has 1 atom stereocenters. The second-order valence-corrected chi connectivity index (χ2v) is 8.68. The van der Waals surface area contributed by atoms with Gasteiger partial charge in [-0.05, 0) is 54.5 Å². The molecule has 0 aliphatic heterocycles. The molecule has 152 valence electrons. The van der Waals surface area contributed by atoms with Crippen LogP contribution in [0.25, 0.3) is 0 Å². The van der Waals surface area contributed by atoms with Crippen molar-refractivity contribution in [2.24, 2.45) is 0 Å². The number of sulfonamides is 1. The van der Waals surface area contributed by atoms with E-state index in [0.29, 0.717) is 24.7 Å². The number of thiocarbonyl (C=S) groups is 1. The minimum Gasteiger partial charge on any atom is -0.359 e. The van der Waals surface area contributed by atoms with Gasteiger partial charge in [0, 0.05) is 19.6 Å². The third-order valence-corrected chi connectivity index (χ3v) is 6.76. The molecule has 8 heteroatoms. The van der Waals surface area contributed by atoms with Gasteiger partial charge in [0.25, 0.3) is 0 Å². The van der Waals surface area contributed by atoms with Crippen LogP contribution in [-0.2, 0) is 16.6 Å². The lowest BCUT2D eigenvalue weighted by molar-refractivity contribution is 0.445. The molecule has 0 aliphatic carbocycles. The van der Waals surface area contributed by atoms with Gasteiger partial charge in [-0.3, -0.25) is 0 Å². The van der Waals surface area contributed by atoms with Crippen molar-refractivity contribution in [2.45, 2.75) is 38.3 Å². The molecule has 0 bridgehead atoms. The zero-order chi connectivity index (χ0) is 20.7. The summed E-state index contributed by atoms with van der Waals surface area (Å²) >= 11 is 5.31. The average molecular weight is 424 g/mol. The molecular formula is C20H26FN3O2S2. The third-order valence-electron chi connectivity index (χ3n) is 4.44. The monoisotopic (exact) mass is 423 g/mol. The minimum absolute atomic E-state index is 0.0987. The molecule has 0 amide bonds. The maximum absolute atomic E-state index is 12.9. The van der Waals surface area contributed by atoms with Gasteiger partial charge in [-0.25, -0.2) is 12.8 Å². The van der Waals surface area contributed by atoms with Crippen molar-refractivity contribution in [3.8, 4) is 0 Å². The van der Waals surface area contributed by atoms with Gasteiger partial charge in [-0.1, -0.05) is 38.1 Å². The van der Waals surface area contributed by atoms with Crippen LogP contribution in [-0.4, -0.2) is 30.9 Å². The predicted octanol–water partition coefficient (Wildman–Crippen LogP) is 3.58. The Kier molecular flexibility index (Phi) is 7.91. The van der Waals surface area contributed by atoms with Crippen molar-refractivity contribution in [3.05, 3.63) is 65.5 Å². The van der Waals surface area contributed by atoms with Crippen molar-refractivity contribution in [3.63, 3.8) is 0 Å². The van der Waals surface area contributed by atoms with Gasteiger partial charge < -0.3 is 10.6 Å². The van der Waals surface area contributed by atoms with Gasteiger partial charge in [-0.2, -0.15) is 4.31 Å². The van der Waals surface area contributed by atoms with Crippen LogP contribution < -0.4 is 10.6 Å². The summed E-state index contributed by atoms with van der Waals surface area (Å²) in [7, 11) is -3.46. The van der Waals surface area contributed by atoms with E-state index in [-0.39, 0.29) is 16.8 Å². The molecule has 0 aromatic heterocycles. The standard InChI is InChI=1S/C20H26FN3O2S2/c1-4-24(5-2)28(25,26)19-12-8-17(9-13-19)15(3)23-20(27)22-14-16-6-10-18(21)11-7-16/h6-13,15H,4-5,14H2,1-3H3,(H2,22,23,27)/t15-/m1/s1. The number of nitrogens with one attached hydrogen (secondary N) is 2. The highest BCUT2D eigenvalue weighted by atomic mass is 32.2. The van der Waals surface area contributed by atoms with Crippen LogP contribution in [0.2, 0.25) is 0 Å².